The fourth-order valence-electron chi connectivity index (χ4n) is 13.5. The zero-order chi connectivity index (χ0) is 49.9. The van der Waals surface area contributed by atoms with E-state index < -0.39 is 0 Å². The summed E-state index contributed by atoms with van der Waals surface area (Å²) in [5, 5.41) is 23.5. The Morgan fingerprint density at radius 2 is 0.913 bits per heavy atom. The lowest BCUT2D eigenvalue weighted by Gasteiger charge is -2.56. The fraction of sp³-hybridized carbons (Fsp3) is 0.900. The third kappa shape index (κ3) is 20.0. The Bertz CT molecular complexity index is 1450. The molecule has 11 aliphatic rings. The molecule has 404 valence electrons. The van der Waals surface area contributed by atoms with Crippen LogP contribution in [0.25, 0.3) is 0 Å². The maximum absolute atomic E-state index is 3.61. The average molecular weight is 984 g/mol. The summed E-state index contributed by atoms with van der Waals surface area (Å²) in [6.07, 6.45) is 37.3. The predicted molar refractivity (Wildman–Crippen MR) is 310 cm³/mol. The second kappa shape index (κ2) is 29.8. The van der Waals surface area contributed by atoms with Crippen molar-refractivity contribution in [2.45, 2.75) is 249 Å². The third-order valence-electron chi connectivity index (χ3n) is 19.4. The minimum Gasteiger partial charge on any atom is -0.388 e. The van der Waals surface area contributed by atoms with Gasteiger partial charge < -0.3 is 37.2 Å². The van der Waals surface area contributed by atoms with Crippen molar-refractivity contribution in [3.05, 3.63) is 29.3 Å². The maximum atomic E-state index is 3.61. The van der Waals surface area contributed by atoms with Crippen molar-refractivity contribution in [1.29, 1.82) is 0 Å². The normalized spacial score (nSPS) is 31.5. The van der Waals surface area contributed by atoms with E-state index >= 15 is 0 Å². The van der Waals surface area contributed by atoms with E-state index in [1.807, 2.05) is 32.9 Å². The number of anilines is 1. The summed E-state index contributed by atoms with van der Waals surface area (Å²) in [6, 6.07) is 6.29. The Hall–Kier alpha value is -0.910. The maximum Gasteiger partial charge on any atom is 0.0442 e. The van der Waals surface area contributed by atoms with E-state index in [4.69, 9.17) is 0 Å². The number of hydrogen-bond acceptors (Lipinski definition) is 9. The van der Waals surface area contributed by atoms with Gasteiger partial charge in [0.05, 0.1) is 0 Å². The molecule has 4 bridgehead atoms. The van der Waals surface area contributed by atoms with Gasteiger partial charge in [-0.15, -0.1) is 11.8 Å². The zero-order valence-corrected chi connectivity index (χ0v) is 48.2. The van der Waals surface area contributed by atoms with Crippen LogP contribution in [0.5, 0.6) is 0 Å². The van der Waals surface area contributed by atoms with Crippen LogP contribution in [0.3, 0.4) is 0 Å². The Kier molecular flexibility index (Phi) is 27.0. The zero-order valence-electron chi connectivity index (χ0n) is 47.4. The third-order valence-corrected chi connectivity index (χ3v) is 20.5. The number of para-hydroxylation sites is 1. The molecule has 69 heavy (non-hydrogen) atoms. The van der Waals surface area contributed by atoms with Crippen LogP contribution in [-0.2, 0) is 0 Å². The van der Waals surface area contributed by atoms with E-state index in [1.54, 1.807) is 19.3 Å². The summed E-state index contributed by atoms with van der Waals surface area (Å²) in [7, 11) is 16.6. The van der Waals surface area contributed by atoms with Crippen molar-refractivity contribution in [2.24, 2.45) is 23.7 Å². The van der Waals surface area contributed by atoms with Gasteiger partial charge in [-0.25, -0.2) is 0 Å². The molecule has 1 aromatic rings. The van der Waals surface area contributed by atoms with Crippen LogP contribution in [0.4, 0.5) is 5.69 Å². The molecule has 9 heteroatoms. The van der Waals surface area contributed by atoms with Crippen molar-refractivity contribution in [1.82, 2.24) is 36.8 Å². The van der Waals surface area contributed by atoms with E-state index in [0.717, 1.165) is 23.7 Å². The minimum atomic E-state index is 0. The van der Waals surface area contributed by atoms with Crippen LogP contribution in [0, 0.1) is 37.5 Å². The highest BCUT2D eigenvalue weighted by Gasteiger charge is 2.50. The number of hydrogen-bond donors (Lipinski definition) is 7. The van der Waals surface area contributed by atoms with E-state index in [0.29, 0.717) is 33.2 Å². The molecule has 1 heterocycles. The van der Waals surface area contributed by atoms with Gasteiger partial charge >= 0.3 is 0 Å². The first kappa shape index (κ1) is 62.4. The van der Waals surface area contributed by atoms with E-state index in [1.165, 1.54) is 183 Å². The van der Waals surface area contributed by atoms with Gasteiger partial charge in [0.1, 0.15) is 0 Å². The number of benzene rings is 1. The van der Waals surface area contributed by atoms with Gasteiger partial charge in [0, 0.05) is 64.1 Å². The van der Waals surface area contributed by atoms with Gasteiger partial charge in [0.25, 0.3) is 0 Å². The second-order valence-electron chi connectivity index (χ2n) is 24.8. The Morgan fingerprint density at radius 1 is 0.507 bits per heavy atom. The Morgan fingerprint density at radius 3 is 1.14 bits per heavy atom. The van der Waals surface area contributed by atoms with Crippen LogP contribution in [-0.4, -0.2) is 113 Å². The summed E-state index contributed by atoms with van der Waals surface area (Å²) in [6.45, 7) is 14.7. The molecule has 0 radical (unpaired) electrons. The molecule has 1 aromatic carbocycles. The molecule has 1 aliphatic heterocycles. The van der Waals surface area contributed by atoms with Gasteiger partial charge in [-0.1, -0.05) is 70.6 Å². The average Bonchev–Trinajstić information content (AvgIpc) is 3.82. The lowest BCUT2D eigenvalue weighted by atomic mass is 9.53. The highest BCUT2D eigenvalue weighted by Crippen LogP contribution is 2.55. The van der Waals surface area contributed by atoms with Gasteiger partial charge in [-0.3, -0.25) is 4.90 Å². The Labute approximate surface area is 434 Å². The molecule has 0 spiro atoms. The number of thioether (sulfide) groups is 1. The first-order chi connectivity index (χ1) is 32.4. The van der Waals surface area contributed by atoms with Gasteiger partial charge in [-0.05, 0) is 248 Å². The molecule has 10 aliphatic carbocycles. The van der Waals surface area contributed by atoms with Gasteiger partial charge in [0.15, 0.2) is 0 Å². The quantitative estimate of drug-likeness (QED) is 0.144. The van der Waals surface area contributed by atoms with Crippen molar-refractivity contribution in [2.75, 3.05) is 79.9 Å². The number of nitrogens with zero attached hydrogens (tertiary/aromatic N) is 1. The topological polar surface area (TPSA) is 87.5 Å². The van der Waals surface area contributed by atoms with E-state index in [2.05, 4.69) is 137 Å². The minimum absolute atomic E-state index is 0. The molecule has 8 nitrogen and oxygen atoms in total. The standard InChI is InChI=1S/C11H19N.C9H17N.C9H13N.C8H17N.C7H15N.C6H13N.C5H11N.C4H9NS.CH4/c1-12-11-5-8-2-9(6-11)4-10(3-8)7-11;1-10-9-6-2-4-8(9)5-3-7-9;1-7-5-4-6-8(2)9(7)10-3;1-8(9-2)6-4-3-5-7-8;1-7(8-2)5-3-4-6-7;1-6(7-2)4-3-5-6;1-5(6-2)3-4-5;1-5-2-3-6-4-5;/h8-10,12H,2-7H2,1H3;8,10H,2-7H2,1H3;4-6,10H,1-3H3;9H,3-7H2,1-2H3;8H,3-6H2,1-2H3;7H,3-5H2,1-2H3;6H,3-4H2,1-2H3;2-4H2,1H3;1H4. The van der Waals surface area contributed by atoms with Gasteiger partial charge in [0.2, 0.25) is 0 Å². The molecule has 0 atom stereocenters. The lowest BCUT2D eigenvalue weighted by molar-refractivity contribution is -0.0158. The van der Waals surface area contributed by atoms with Crippen LogP contribution in [0.15, 0.2) is 18.2 Å². The first-order valence-electron chi connectivity index (χ1n) is 28.5. The molecular weight excluding hydrogens is 865 g/mol. The van der Waals surface area contributed by atoms with Crippen molar-refractivity contribution >= 4 is 17.4 Å². The highest BCUT2D eigenvalue weighted by molar-refractivity contribution is 7.99. The molecule has 10 saturated carbocycles. The van der Waals surface area contributed by atoms with Crippen molar-refractivity contribution in [3.63, 3.8) is 0 Å². The molecule has 0 aromatic heterocycles. The smallest absolute Gasteiger partial charge is 0.0442 e. The molecule has 0 unspecified atom stereocenters. The first-order valence-corrected chi connectivity index (χ1v) is 29.7. The molecule has 0 amide bonds. The van der Waals surface area contributed by atoms with Gasteiger partial charge in [-0.2, -0.15) is 0 Å². The summed E-state index contributed by atoms with van der Waals surface area (Å²) in [5.74, 6) is 6.85. The van der Waals surface area contributed by atoms with Crippen molar-refractivity contribution in [3.8, 4) is 0 Å². The molecule has 7 N–H and O–H groups in total. The van der Waals surface area contributed by atoms with E-state index in [-0.39, 0.29) is 7.43 Å². The number of aryl methyl sites for hydroxylation is 2. The molecule has 1 saturated heterocycles. The number of rotatable bonds is 7. The molecule has 12 rings (SSSR count). The van der Waals surface area contributed by atoms with E-state index in [9.17, 15) is 0 Å². The van der Waals surface area contributed by atoms with Crippen LogP contribution in [0.2, 0.25) is 0 Å². The summed E-state index contributed by atoms with van der Waals surface area (Å²) >= 11 is 2.01. The van der Waals surface area contributed by atoms with Crippen LogP contribution < -0.4 is 37.2 Å². The van der Waals surface area contributed by atoms with Crippen LogP contribution in [0.1, 0.15) is 213 Å². The monoisotopic (exact) mass is 983 g/mol. The summed E-state index contributed by atoms with van der Waals surface area (Å²) in [5.41, 5.74) is 7.07. The van der Waals surface area contributed by atoms with Crippen molar-refractivity contribution < 1.29 is 0 Å². The van der Waals surface area contributed by atoms with Crippen LogP contribution >= 0.6 is 11.8 Å². The SMILES string of the molecule is C.CN1CCSC1.CNC1(C)CC1.CNC1(C)CCC1.CNC1(C)CCCC1.CNC1(C)CCCCC1.CNC12CC3CC(CC(C3)C1)C2.CNC12CCCC1CCC2.CNc1c(C)cccc1C. The summed E-state index contributed by atoms with van der Waals surface area (Å²) in [4.78, 5) is 2.32. The summed E-state index contributed by atoms with van der Waals surface area (Å²) < 4.78 is 0. The molecule has 11 fully saturated rings. The second-order valence-corrected chi connectivity index (χ2v) is 25.9. The number of fused-ring (bicyclic) bond motifs is 1. The number of nitrogens with one attached hydrogen (secondary N) is 7. The Balaban J connectivity index is 0.000000211. The molecular formula is C60H118N8S. The predicted octanol–water partition coefficient (Wildman–Crippen LogP) is 13.1. The lowest BCUT2D eigenvalue weighted by Crippen LogP contribution is -2.57. The fourth-order valence-corrected chi connectivity index (χ4v) is 14.5. The largest absolute Gasteiger partial charge is 0.388 e. The highest BCUT2D eigenvalue weighted by atomic mass is 32.2.